The SMILES string of the molecule is CCOc1cccc(N2C(=O)NC(=O)C(=Cc3cc(F)c(N4CCCC4)cc3C)C2=O)c1. The molecular weight excluding hydrogens is 413 g/mol. The van der Waals surface area contributed by atoms with E-state index in [1.165, 1.54) is 12.1 Å². The van der Waals surface area contributed by atoms with Crippen LogP contribution in [-0.4, -0.2) is 37.5 Å². The highest BCUT2D eigenvalue weighted by Crippen LogP contribution is 2.29. The Morgan fingerprint density at radius 2 is 1.88 bits per heavy atom. The number of hydrogen-bond acceptors (Lipinski definition) is 5. The van der Waals surface area contributed by atoms with Crippen LogP contribution in [-0.2, 0) is 9.59 Å². The van der Waals surface area contributed by atoms with Gasteiger partial charge in [0.2, 0.25) is 0 Å². The van der Waals surface area contributed by atoms with Crippen molar-refractivity contribution in [1.29, 1.82) is 0 Å². The predicted molar refractivity (Wildman–Crippen MR) is 119 cm³/mol. The van der Waals surface area contributed by atoms with Gasteiger partial charge in [0.15, 0.2) is 0 Å². The van der Waals surface area contributed by atoms with Gasteiger partial charge in [0.1, 0.15) is 17.1 Å². The highest BCUT2D eigenvalue weighted by Gasteiger charge is 2.37. The molecular formula is C24H24FN3O4. The van der Waals surface area contributed by atoms with E-state index in [-0.39, 0.29) is 11.3 Å². The highest BCUT2D eigenvalue weighted by atomic mass is 19.1. The molecule has 2 saturated heterocycles. The van der Waals surface area contributed by atoms with Crippen LogP contribution < -0.4 is 19.9 Å². The maximum atomic E-state index is 14.8. The summed E-state index contributed by atoms with van der Waals surface area (Å²) in [5.74, 6) is -1.52. The van der Waals surface area contributed by atoms with Gasteiger partial charge in [0.05, 0.1) is 18.0 Å². The summed E-state index contributed by atoms with van der Waals surface area (Å²) in [6.07, 6.45) is 3.37. The molecule has 7 nitrogen and oxygen atoms in total. The number of nitrogens with zero attached hydrogens (tertiary/aromatic N) is 2. The molecule has 0 unspecified atom stereocenters. The molecule has 0 saturated carbocycles. The van der Waals surface area contributed by atoms with Crippen molar-refractivity contribution in [1.82, 2.24) is 5.32 Å². The lowest BCUT2D eigenvalue weighted by atomic mass is 10.0. The zero-order valence-electron chi connectivity index (χ0n) is 18.0. The van der Waals surface area contributed by atoms with Crippen LogP contribution in [0.4, 0.5) is 20.6 Å². The standard InChI is InChI=1S/C24H24FN3O4/c1-3-32-18-8-6-7-17(14-18)28-23(30)19(22(29)26-24(28)31)12-16-13-20(25)21(11-15(16)2)27-9-4-5-10-27/h6-8,11-14H,3-5,9-10H2,1-2H3,(H,26,29,31). The number of carbonyl (C=O) groups is 3. The lowest BCUT2D eigenvalue weighted by Crippen LogP contribution is -2.54. The molecule has 2 aromatic rings. The number of carbonyl (C=O) groups excluding carboxylic acids is 3. The number of nitrogens with one attached hydrogen (secondary N) is 1. The Kier molecular flexibility index (Phi) is 5.94. The van der Waals surface area contributed by atoms with Crippen LogP contribution in [0.25, 0.3) is 6.08 Å². The average molecular weight is 437 g/mol. The van der Waals surface area contributed by atoms with Crippen LogP contribution in [0.5, 0.6) is 5.75 Å². The smallest absolute Gasteiger partial charge is 0.335 e. The number of hydrogen-bond donors (Lipinski definition) is 1. The van der Waals surface area contributed by atoms with E-state index in [9.17, 15) is 18.8 Å². The van der Waals surface area contributed by atoms with Crippen molar-refractivity contribution in [3.05, 3.63) is 58.9 Å². The molecule has 0 radical (unpaired) electrons. The van der Waals surface area contributed by atoms with E-state index in [0.717, 1.165) is 36.4 Å². The number of amides is 4. The Morgan fingerprint density at radius 3 is 2.59 bits per heavy atom. The van der Waals surface area contributed by atoms with Crippen molar-refractivity contribution in [3.8, 4) is 5.75 Å². The van der Waals surface area contributed by atoms with Crippen molar-refractivity contribution in [2.75, 3.05) is 29.5 Å². The molecule has 2 aromatic carbocycles. The number of benzene rings is 2. The van der Waals surface area contributed by atoms with Crippen LogP contribution in [0.2, 0.25) is 0 Å². The van der Waals surface area contributed by atoms with E-state index in [1.807, 2.05) is 11.8 Å². The van der Waals surface area contributed by atoms with Gasteiger partial charge in [-0.1, -0.05) is 6.07 Å². The monoisotopic (exact) mass is 437 g/mol. The van der Waals surface area contributed by atoms with Crippen molar-refractivity contribution in [2.45, 2.75) is 26.7 Å². The zero-order chi connectivity index (χ0) is 22.8. The number of anilines is 2. The van der Waals surface area contributed by atoms with Crippen molar-refractivity contribution in [2.24, 2.45) is 0 Å². The number of barbiturate groups is 1. The minimum Gasteiger partial charge on any atom is -0.494 e. The minimum atomic E-state index is -0.849. The second-order valence-corrected chi connectivity index (χ2v) is 7.74. The van der Waals surface area contributed by atoms with Crippen LogP contribution in [0, 0.1) is 12.7 Å². The number of ether oxygens (including phenoxy) is 1. The van der Waals surface area contributed by atoms with E-state index >= 15 is 0 Å². The molecule has 0 spiro atoms. The molecule has 2 aliphatic heterocycles. The summed E-state index contributed by atoms with van der Waals surface area (Å²) in [5, 5.41) is 2.19. The van der Waals surface area contributed by atoms with E-state index in [4.69, 9.17) is 4.74 Å². The van der Waals surface area contributed by atoms with Crippen LogP contribution in [0.3, 0.4) is 0 Å². The van der Waals surface area contributed by atoms with Gasteiger partial charge in [-0.2, -0.15) is 0 Å². The summed E-state index contributed by atoms with van der Waals surface area (Å²) in [5.41, 5.74) is 1.67. The van der Waals surface area contributed by atoms with Crippen molar-refractivity contribution in [3.63, 3.8) is 0 Å². The molecule has 0 atom stereocenters. The fraction of sp³-hybridized carbons (Fsp3) is 0.292. The number of imide groups is 2. The lowest BCUT2D eigenvalue weighted by Gasteiger charge is -2.27. The molecule has 0 aromatic heterocycles. The molecule has 32 heavy (non-hydrogen) atoms. The van der Waals surface area contributed by atoms with Crippen LogP contribution >= 0.6 is 0 Å². The molecule has 2 aliphatic rings. The van der Waals surface area contributed by atoms with E-state index < -0.39 is 23.7 Å². The summed E-state index contributed by atoms with van der Waals surface area (Å²) in [4.78, 5) is 40.9. The van der Waals surface area contributed by atoms with Crippen molar-refractivity contribution < 1.29 is 23.5 Å². The molecule has 1 N–H and O–H groups in total. The molecule has 4 amide bonds. The molecule has 166 valence electrons. The van der Waals surface area contributed by atoms with Gasteiger partial charge in [0, 0.05) is 19.2 Å². The van der Waals surface area contributed by atoms with Crippen LogP contribution in [0.15, 0.2) is 42.0 Å². The number of halogens is 1. The third kappa shape index (κ3) is 4.08. The third-order valence-corrected chi connectivity index (χ3v) is 5.57. The fourth-order valence-electron chi connectivity index (χ4n) is 3.96. The highest BCUT2D eigenvalue weighted by molar-refractivity contribution is 6.39. The van der Waals surface area contributed by atoms with Gasteiger partial charge in [-0.05, 0) is 68.2 Å². The summed E-state index contributed by atoms with van der Waals surface area (Å²) < 4.78 is 20.3. The average Bonchev–Trinajstić information content (AvgIpc) is 3.28. The first kappa shape index (κ1) is 21.5. The van der Waals surface area contributed by atoms with Gasteiger partial charge in [-0.3, -0.25) is 14.9 Å². The Hall–Kier alpha value is -3.68. The first-order valence-electron chi connectivity index (χ1n) is 10.6. The Balaban J connectivity index is 1.69. The topological polar surface area (TPSA) is 79.0 Å². The number of aryl methyl sites for hydroxylation is 1. The Bertz CT molecular complexity index is 1120. The first-order chi connectivity index (χ1) is 15.4. The van der Waals surface area contributed by atoms with E-state index in [0.29, 0.717) is 23.6 Å². The first-order valence-corrected chi connectivity index (χ1v) is 10.6. The third-order valence-electron chi connectivity index (χ3n) is 5.57. The molecule has 0 aliphatic carbocycles. The minimum absolute atomic E-state index is 0.247. The van der Waals surface area contributed by atoms with Gasteiger partial charge < -0.3 is 9.64 Å². The van der Waals surface area contributed by atoms with Crippen molar-refractivity contribution >= 4 is 35.3 Å². The summed E-state index contributed by atoms with van der Waals surface area (Å²) >= 11 is 0. The Morgan fingerprint density at radius 1 is 1.12 bits per heavy atom. The van der Waals surface area contributed by atoms with E-state index in [2.05, 4.69) is 5.32 Å². The quantitative estimate of drug-likeness (QED) is 0.569. The number of urea groups is 1. The molecule has 4 rings (SSSR count). The largest absolute Gasteiger partial charge is 0.494 e. The second-order valence-electron chi connectivity index (χ2n) is 7.74. The van der Waals surface area contributed by atoms with E-state index in [1.54, 1.807) is 37.3 Å². The maximum Gasteiger partial charge on any atom is 0.335 e. The second kappa shape index (κ2) is 8.82. The van der Waals surface area contributed by atoms with Gasteiger partial charge in [0.25, 0.3) is 11.8 Å². The summed E-state index contributed by atoms with van der Waals surface area (Å²) in [7, 11) is 0. The molecule has 0 bridgehead atoms. The molecule has 2 fully saturated rings. The lowest BCUT2D eigenvalue weighted by molar-refractivity contribution is -0.122. The predicted octanol–water partition coefficient (Wildman–Crippen LogP) is 3.80. The molecule has 2 heterocycles. The Labute approximate surface area is 185 Å². The molecule has 8 heteroatoms. The zero-order valence-corrected chi connectivity index (χ0v) is 18.0. The maximum absolute atomic E-state index is 14.8. The normalized spacial score (nSPS) is 17.8. The fourth-order valence-corrected chi connectivity index (χ4v) is 3.96. The number of rotatable bonds is 5. The van der Waals surface area contributed by atoms with Gasteiger partial charge in [-0.15, -0.1) is 0 Å². The van der Waals surface area contributed by atoms with Gasteiger partial charge in [-0.25, -0.2) is 14.1 Å². The van der Waals surface area contributed by atoms with Gasteiger partial charge >= 0.3 is 6.03 Å². The summed E-state index contributed by atoms with van der Waals surface area (Å²) in [6, 6.07) is 8.68. The summed E-state index contributed by atoms with van der Waals surface area (Å²) in [6.45, 7) is 5.64. The van der Waals surface area contributed by atoms with Crippen LogP contribution in [0.1, 0.15) is 30.9 Å².